The maximum absolute atomic E-state index is 12.7. The van der Waals surface area contributed by atoms with Gasteiger partial charge in [-0.1, -0.05) is 36.0 Å². The van der Waals surface area contributed by atoms with E-state index in [0.717, 1.165) is 31.4 Å². The Kier molecular flexibility index (Phi) is 6.13. The maximum atomic E-state index is 12.7. The predicted molar refractivity (Wildman–Crippen MR) is 118 cm³/mol. The fourth-order valence-corrected chi connectivity index (χ4v) is 5.08. The van der Waals surface area contributed by atoms with Gasteiger partial charge in [0.1, 0.15) is 5.01 Å². The van der Waals surface area contributed by atoms with Gasteiger partial charge in [-0.2, -0.15) is 0 Å². The first-order chi connectivity index (χ1) is 14.2. The van der Waals surface area contributed by atoms with Crippen LogP contribution >= 0.6 is 23.1 Å². The summed E-state index contributed by atoms with van der Waals surface area (Å²) >= 11 is 3.09. The first kappa shape index (κ1) is 19.9. The molecule has 2 aromatic heterocycles. The SMILES string of the molecule is COCCn1c(SCC(=O)N(C)Cc2nc3ccccc3s2)nc2ccccc21. The van der Waals surface area contributed by atoms with Crippen LogP contribution in [0.2, 0.25) is 0 Å². The van der Waals surface area contributed by atoms with E-state index in [-0.39, 0.29) is 5.91 Å². The van der Waals surface area contributed by atoms with E-state index in [2.05, 4.69) is 15.6 Å². The highest BCUT2D eigenvalue weighted by Gasteiger charge is 2.16. The van der Waals surface area contributed by atoms with Gasteiger partial charge in [0.05, 0.1) is 40.2 Å². The lowest BCUT2D eigenvalue weighted by Gasteiger charge is -2.15. The number of ether oxygens (including phenoxy) is 1. The van der Waals surface area contributed by atoms with E-state index in [0.29, 0.717) is 25.4 Å². The van der Waals surface area contributed by atoms with E-state index in [1.165, 1.54) is 11.8 Å². The third-order valence-electron chi connectivity index (χ3n) is 4.60. The monoisotopic (exact) mass is 426 g/mol. The van der Waals surface area contributed by atoms with Gasteiger partial charge < -0.3 is 14.2 Å². The molecule has 6 nitrogen and oxygen atoms in total. The van der Waals surface area contributed by atoms with Crippen LogP contribution in [0.25, 0.3) is 21.3 Å². The number of carbonyl (C=O) groups excluding carboxylic acids is 1. The number of carbonyl (C=O) groups is 1. The first-order valence-corrected chi connectivity index (χ1v) is 11.1. The molecule has 0 atom stereocenters. The lowest BCUT2D eigenvalue weighted by Crippen LogP contribution is -2.27. The second-order valence-corrected chi connectivity index (χ2v) is 8.70. The van der Waals surface area contributed by atoms with Crippen LogP contribution in [0, 0.1) is 0 Å². The van der Waals surface area contributed by atoms with Crippen LogP contribution in [-0.4, -0.2) is 51.9 Å². The number of para-hydroxylation sites is 3. The summed E-state index contributed by atoms with van der Waals surface area (Å²) in [5.41, 5.74) is 2.97. The van der Waals surface area contributed by atoms with Crippen LogP contribution in [0.5, 0.6) is 0 Å². The predicted octanol–water partition coefficient (Wildman–Crippen LogP) is 4.04. The van der Waals surface area contributed by atoms with E-state index in [1.807, 2.05) is 49.5 Å². The Morgan fingerprint density at radius 1 is 1.14 bits per heavy atom. The Bertz CT molecular complexity index is 1110. The number of rotatable bonds is 8. The number of thiazole rings is 1. The molecule has 0 fully saturated rings. The van der Waals surface area contributed by atoms with Gasteiger partial charge in [-0.3, -0.25) is 4.79 Å². The minimum atomic E-state index is 0.0552. The molecule has 0 aliphatic rings. The molecule has 8 heteroatoms. The van der Waals surface area contributed by atoms with Crippen LogP contribution in [0.1, 0.15) is 5.01 Å². The smallest absolute Gasteiger partial charge is 0.233 e. The van der Waals surface area contributed by atoms with Crippen molar-refractivity contribution in [3.63, 3.8) is 0 Å². The van der Waals surface area contributed by atoms with Gasteiger partial charge in [0.25, 0.3) is 0 Å². The molecule has 150 valence electrons. The molecule has 1 amide bonds. The maximum Gasteiger partial charge on any atom is 0.233 e. The lowest BCUT2D eigenvalue weighted by atomic mass is 10.3. The van der Waals surface area contributed by atoms with Gasteiger partial charge in [-0.25, -0.2) is 9.97 Å². The Morgan fingerprint density at radius 3 is 2.69 bits per heavy atom. The summed E-state index contributed by atoms with van der Waals surface area (Å²) in [6.07, 6.45) is 0. The number of benzene rings is 2. The molecular weight excluding hydrogens is 404 g/mol. The van der Waals surface area contributed by atoms with Gasteiger partial charge in [0, 0.05) is 20.7 Å². The second kappa shape index (κ2) is 8.94. The number of thioether (sulfide) groups is 1. The van der Waals surface area contributed by atoms with Gasteiger partial charge in [-0.05, 0) is 24.3 Å². The molecular formula is C21H22N4O2S2. The van der Waals surface area contributed by atoms with Crippen molar-refractivity contribution in [1.82, 2.24) is 19.4 Å². The normalized spacial score (nSPS) is 11.4. The Balaban J connectivity index is 1.43. The summed E-state index contributed by atoms with van der Waals surface area (Å²) in [5.74, 6) is 0.386. The van der Waals surface area contributed by atoms with E-state index in [1.54, 1.807) is 23.3 Å². The molecule has 0 radical (unpaired) electrons. The van der Waals surface area contributed by atoms with E-state index in [9.17, 15) is 4.79 Å². The second-order valence-electron chi connectivity index (χ2n) is 6.64. The third kappa shape index (κ3) is 4.44. The fourth-order valence-electron chi connectivity index (χ4n) is 3.08. The Labute approximate surface area is 177 Å². The number of amides is 1. The number of imidazole rings is 1. The van der Waals surface area contributed by atoms with Gasteiger partial charge >= 0.3 is 0 Å². The zero-order valence-electron chi connectivity index (χ0n) is 16.4. The van der Waals surface area contributed by atoms with Crippen molar-refractivity contribution in [2.75, 3.05) is 26.5 Å². The molecule has 0 saturated carbocycles. The molecule has 2 heterocycles. The largest absolute Gasteiger partial charge is 0.383 e. The summed E-state index contributed by atoms with van der Waals surface area (Å²) in [5, 5.41) is 1.78. The van der Waals surface area contributed by atoms with Gasteiger partial charge in [-0.15, -0.1) is 11.3 Å². The van der Waals surface area contributed by atoms with Gasteiger partial charge in [0.15, 0.2) is 5.16 Å². The fraction of sp³-hybridized carbons (Fsp3) is 0.286. The van der Waals surface area contributed by atoms with Crippen LogP contribution in [0.15, 0.2) is 53.7 Å². The Hall–Kier alpha value is -2.42. The average Bonchev–Trinajstić information content (AvgIpc) is 3.30. The van der Waals surface area contributed by atoms with Crippen molar-refractivity contribution in [3.05, 3.63) is 53.5 Å². The molecule has 0 saturated heterocycles. The zero-order valence-corrected chi connectivity index (χ0v) is 18.0. The summed E-state index contributed by atoms with van der Waals surface area (Å²) in [6.45, 7) is 1.81. The first-order valence-electron chi connectivity index (χ1n) is 9.31. The number of nitrogens with zero attached hydrogens (tertiary/aromatic N) is 4. The zero-order chi connectivity index (χ0) is 20.2. The standard InChI is InChI=1S/C21H22N4O2S2/c1-24(13-19-22-16-8-4-6-10-18(16)29-19)20(26)14-28-21-23-15-7-3-5-9-17(15)25(21)11-12-27-2/h3-10H,11-14H2,1-2H3. The van der Waals surface area contributed by atoms with Crippen LogP contribution < -0.4 is 0 Å². The van der Waals surface area contributed by atoms with E-state index < -0.39 is 0 Å². The molecule has 4 rings (SSSR count). The number of hydrogen-bond donors (Lipinski definition) is 0. The highest BCUT2D eigenvalue weighted by molar-refractivity contribution is 7.99. The minimum absolute atomic E-state index is 0.0552. The summed E-state index contributed by atoms with van der Waals surface area (Å²) in [6, 6.07) is 16.0. The molecule has 2 aromatic carbocycles. The molecule has 0 aliphatic carbocycles. The van der Waals surface area contributed by atoms with Crippen LogP contribution in [-0.2, 0) is 22.6 Å². The van der Waals surface area contributed by atoms with Crippen LogP contribution in [0.3, 0.4) is 0 Å². The molecule has 0 N–H and O–H groups in total. The summed E-state index contributed by atoms with van der Waals surface area (Å²) in [7, 11) is 3.51. The number of hydrogen-bond acceptors (Lipinski definition) is 6. The number of fused-ring (bicyclic) bond motifs is 2. The van der Waals surface area contributed by atoms with Crippen molar-refractivity contribution in [2.24, 2.45) is 0 Å². The molecule has 0 unspecified atom stereocenters. The highest BCUT2D eigenvalue weighted by atomic mass is 32.2. The quantitative estimate of drug-likeness (QED) is 0.398. The van der Waals surface area contributed by atoms with Crippen molar-refractivity contribution >= 4 is 50.3 Å². The third-order valence-corrected chi connectivity index (χ3v) is 6.58. The van der Waals surface area contributed by atoms with Crippen LogP contribution in [0.4, 0.5) is 0 Å². The summed E-state index contributed by atoms with van der Waals surface area (Å²) in [4.78, 5) is 23.7. The molecule has 4 aromatic rings. The van der Waals surface area contributed by atoms with Crippen molar-refractivity contribution < 1.29 is 9.53 Å². The number of methoxy groups -OCH3 is 1. The van der Waals surface area contributed by atoms with Gasteiger partial charge in [0.2, 0.25) is 5.91 Å². The molecule has 0 bridgehead atoms. The van der Waals surface area contributed by atoms with Crippen molar-refractivity contribution in [1.29, 1.82) is 0 Å². The lowest BCUT2D eigenvalue weighted by molar-refractivity contribution is -0.127. The minimum Gasteiger partial charge on any atom is -0.383 e. The van der Waals surface area contributed by atoms with E-state index in [4.69, 9.17) is 9.72 Å². The number of aromatic nitrogens is 3. The van der Waals surface area contributed by atoms with Crippen molar-refractivity contribution in [2.45, 2.75) is 18.2 Å². The molecule has 29 heavy (non-hydrogen) atoms. The molecule has 0 spiro atoms. The highest BCUT2D eigenvalue weighted by Crippen LogP contribution is 2.25. The average molecular weight is 427 g/mol. The Morgan fingerprint density at radius 2 is 1.90 bits per heavy atom. The molecule has 0 aliphatic heterocycles. The van der Waals surface area contributed by atoms with Crippen molar-refractivity contribution in [3.8, 4) is 0 Å². The van der Waals surface area contributed by atoms with E-state index >= 15 is 0 Å². The topological polar surface area (TPSA) is 60.2 Å². The summed E-state index contributed by atoms with van der Waals surface area (Å²) < 4.78 is 8.49.